The van der Waals surface area contributed by atoms with E-state index >= 15 is 0 Å². The number of hydrogen-bond donors (Lipinski definition) is 1. The van der Waals surface area contributed by atoms with Gasteiger partial charge in [-0.15, -0.1) is 6.67 Å². The zero-order valence-corrected chi connectivity index (χ0v) is 2.78. The molecule has 0 amide bonds. The summed E-state index contributed by atoms with van der Waals surface area (Å²) in [5.74, 6) is 0. The fraction of sp³-hybridized carbons (Fsp3) is 1.00. The third-order valence-electron chi connectivity index (χ3n) is 0. The minimum absolute atomic E-state index is 0. The van der Waals surface area contributed by atoms with Gasteiger partial charge in [-0.05, 0) is 0 Å². The molecule has 0 heterocycles. The van der Waals surface area contributed by atoms with Crippen molar-refractivity contribution in [3.63, 3.8) is 0 Å². The molecule has 0 unspecified atom stereocenters. The summed E-state index contributed by atoms with van der Waals surface area (Å²) in [5, 5.41) is 0. The van der Waals surface area contributed by atoms with Crippen LogP contribution in [-0.4, -0.2) is 6.67 Å². The van der Waals surface area contributed by atoms with Gasteiger partial charge in [0, 0.05) is 0 Å². The molecule has 0 spiro atoms. The maximum Gasteiger partial charge on any atom is 1.00 e. The Morgan fingerprint density at radius 2 is 1.75 bits per heavy atom. The van der Waals surface area contributed by atoms with Crippen LogP contribution in [0.15, 0.2) is 0 Å². The first-order valence-corrected chi connectivity index (χ1v) is 0.762. The fourth-order valence-corrected chi connectivity index (χ4v) is 0. The molecule has 4 heavy (non-hydrogen) atoms. The van der Waals surface area contributed by atoms with Crippen molar-refractivity contribution in [2.45, 2.75) is 0 Å². The smallest absolute Gasteiger partial charge is 0.665 e. The zero-order valence-electron chi connectivity index (χ0n) is 2.78. The van der Waals surface area contributed by atoms with E-state index in [2.05, 4.69) is 5.73 Å². The SMILES string of the molecule is [Li+].[NH-]CN. The van der Waals surface area contributed by atoms with Crippen LogP contribution in [-0.2, 0) is 0 Å². The molecule has 0 fully saturated rings. The molecule has 0 aliphatic rings. The Morgan fingerprint density at radius 1 is 1.75 bits per heavy atom. The molecular formula is CH5LiN2. The Bertz CT molecular complexity index is 6.00. The van der Waals surface area contributed by atoms with E-state index in [4.69, 9.17) is 5.73 Å². The molecule has 0 rings (SSSR count). The van der Waals surface area contributed by atoms with Crippen LogP contribution in [0.4, 0.5) is 0 Å². The molecule has 0 aromatic carbocycles. The van der Waals surface area contributed by atoms with Crippen LogP contribution < -0.4 is 24.6 Å². The Morgan fingerprint density at radius 3 is 1.75 bits per heavy atom. The fourth-order valence-electron chi connectivity index (χ4n) is 0. The van der Waals surface area contributed by atoms with Gasteiger partial charge in [0.2, 0.25) is 0 Å². The molecule has 0 saturated heterocycles. The number of nitrogens with one attached hydrogen (secondary N) is 1. The predicted octanol–water partition coefficient (Wildman–Crippen LogP) is -3.04. The zero-order chi connectivity index (χ0) is 2.71. The normalized spacial score (nSPS) is 4.50. The molecule has 3 heteroatoms. The van der Waals surface area contributed by atoms with E-state index in [1.54, 1.807) is 0 Å². The molecular weight excluding hydrogens is 47.0 g/mol. The third-order valence-corrected chi connectivity index (χ3v) is 0. The summed E-state index contributed by atoms with van der Waals surface area (Å²) in [5.41, 5.74) is 10.5. The Hall–Kier alpha value is 0.517. The van der Waals surface area contributed by atoms with Crippen LogP contribution >= 0.6 is 0 Å². The van der Waals surface area contributed by atoms with E-state index in [-0.39, 0.29) is 25.5 Å². The summed E-state index contributed by atoms with van der Waals surface area (Å²) in [6, 6.07) is 0. The van der Waals surface area contributed by atoms with Crippen LogP contribution in [0, 0.1) is 0 Å². The Balaban J connectivity index is 0. The summed E-state index contributed by atoms with van der Waals surface area (Å²) in [6.07, 6.45) is 0. The maximum atomic E-state index is 5.99. The average Bonchev–Trinajstić information content (AvgIpc) is 0.918. The first-order chi connectivity index (χ1) is 1.41. The second kappa shape index (κ2) is 9.68. The molecule has 0 aromatic heterocycles. The second-order valence-corrected chi connectivity index (χ2v) is 0.204. The van der Waals surface area contributed by atoms with Crippen molar-refractivity contribution in [2.75, 3.05) is 6.67 Å². The van der Waals surface area contributed by atoms with Crippen molar-refractivity contribution >= 4 is 0 Å². The van der Waals surface area contributed by atoms with Gasteiger partial charge in [0.05, 0.1) is 0 Å². The summed E-state index contributed by atoms with van der Waals surface area (Å²) < 4.78 is 0. The molecule has 0 aliphatic heterocycles. The van der Waals surface area contributed by atoms with Crippen LogP contribution in [0.5, 0.6) is 0 Å². The van der Waals surface area contributed by atoms with Crippen LogP contribution in [0.25, 0.3) is 5.73 Å². The van der Waals surface area contributed by atoms with Crippen molar-refractivity contribution in [3.8, 4) is 0 Å². The van der Waals surface area contributed by atoms with Crippen LogP contribution in [0.1, 0.15) is 0 Å². The number of hydrogen-bond acceptors (Lipinski definition) is 1. The molecule has 3 N–H and O–H groups in total. The molecule has 2 nitrogen and oxygen atoms in total. The minimum atomic E-state index is 0. The van der Waals surface area contributed by atoms with E-state index in [0.717, 1.165) is 0 Å². The first kappa shape index (κ1) is 8.82. The molecule has 0 aromatic rings. The Labute approximate surface area is 37.7 Å². The van der Waals surface area contributed by atoms with E-state index in [1.165, 1.54) is 0 Å². The molecule has 20 valence electrons. The summed E-state index contributed by atoms with van der Waals surface area (Å²) in [7, 11) is 0. The maximum absolute atomic E-state index is 5.99. The van der Waals surface area contributed by atoms with Crippen molar-refractivity contribution < 1.29 is 18.9 Å². The van der Waals surface area contributed by atoms with E-state index in [1.807, 2.05) is 0 Å². The van der Waals surface area contributed by atoms with Gasteiger partial charge >= 0.3 is 18.9 Å². The average molecular weight is 52.0 g/mol. The molecule has 0 saturated carbocycles. The molecule has 0 aliphatic carbocycles. The second-order valence-electron chi connectivity index (χ2n) is 0.204. The monoisotopic (exact) mass is 52.1 g/mol. The molecule has 0 bridgehead atoms. The standard InChI is InChI=1S/CH5N2.Li/c2-1-3;/h2H,1,3H2;/q-1;+1. The van der Waals surface area contributed by atoms with Gasteiger partial charge in [-0.3, -0.25) is 0 Å². The van der Waals surface area contributed by atoms with Crippen molar-refractivity contribution in [1.82, 2.24) is 0 Å². The van der Waals surface area contributed by atoms with Crippen molar-refractivity contribution in [3.05, 3.63) is 5.73 Å². The predicted molar refractivity (Wildman–Crippen MR) is 13.4 cm³/mol. The van der Waals surface area contributed by atoms with Gasteiger partial charge in [0.1, 0.15) is 0 Å². The van der Waals surface area contributed by atoms with Gasteiger partial charge in [0.25, 0.3) is 0 Å². The van der Waals surface area contributed by atoms with E-state index in [9.17, 15) is 0 Å². The van der Waals surface area contributed by atoms with Crippen LogP contribution in [0.2, 0.25) is 0 Å². The van der Waals surface area contributed by atoms with E-state index in [0.29, 0.717) is 0 Å². The van der Waals surface area contributed by atoms with Gasteiger partial charge in [-0.2, -0.15) is 0 Å². The Kier molecular flexibility index (Phi) is 21.3. The largest absolute Gasteiger partial charge is 1.00 e. The van der Waals surface area contributed by atoms with E-state index < -0.39 is 0 Å². The quantitative estimate of drug-likeness (QED) is 0.292. The number of rotatable bonds is 0. The third kappa shape index (κ3) is 21.7. The minimum Gasteiger partial charge on any atom is -0.665 e. The van der Waals surface area contributed by atoms with Gasteiger partial charge in [0.15, 0.2) is 0 Å². The first-order valence-electron chi connectivity index (χ1n) is 0.762. The summed E-state index contributed by atoms with van der Waals surface area (Å²) in [6.45, 7) is 0. The van der Waals surface area contributed by atoms with Crippen molar-refractivity contribution in [1.29, 1.82) is 0 Å². The number of nitrogens with two attached hydrogens (primary N) is 1. The molecule has 0 radical (unpaired) electrons. The van der Waals surface area contributed by atoms with Gasteiger partial charge in [-0.25, -0.2) is 0 Å². The topological polar surface area (TPSA) is 49.8 Å². The summed E-state index contributed by atoms with van der Waals surface area (Å²) >= 11 is 0. The van der Waals surface area contributed by atoms with Crippen molar-refractivity contribution in [2.24, 2.45) is 5.73 Å². The summed E-state index contributed by atoms with van der Waals surface area (Å²) in [4.78, 5) is 0. The van der Waals surface area contributed by atoms with Gasteiger partial charge in [-0.1, -0.05) is 0 Å². The van der Waals surface area contributed by atoms with Gasteiger partial charge < -0.3 is 11.5 Å². The molecule has 0 atom stereocenters. The van der Waals surface area contributed by atoms with Crippen LogP contribution in [0.3, 0.4) is 0 Å².